The van der Waals surface area contributed by atoms with E-state index >= 15 is 0 Å². The third-order valence-corrected chi connectivity index (χ3v) is 3.18. The van der Waals surface area contributed by atoms with Crippen LogP contribution in [0.1, 0.15) is 39.1 Å². The molecule has 118 valence electrons. The Morgan fingerprint density at radius 1 is 1.29 bits per heavy atom. The van der Waals surface area contributed by atoms with Crippen molar-refractivity contribution in [3.05, 3.63) is 11.4 Å². The van der Waals surface area contributed by atoms with Crippen LogP contribution in [0.15, 0.2) is 0 Å². The molecular formula is C15H27N5O. The number of aryl methyl sites for hydroxylation is 1. The number of carbonyl (C=O) groups is 1. The summed E-state index contributed by atoms with van der Waals surface area (Å²) in [5.41, 5.74) is 0.967. The third-order valence-electron chi connectivity index (χ3n) is 3.18. The molecule has 0 atom stereocenters. The van der Waals surface area contributed by atoms with Gasteiger partial charge in [-0.25, -0.2) is 9.97 Å². The second-order valence-electron chi connectivity index (χ2n) is 5.28. The minimum Gasteiger partial charge on any atom is -0.373 e. The molecule has 0 saturated heterocycles. The average molecular weight is 293 g/mol. The third kappa shape index (κ3) is 4.58. The van der Waals surface area contributed by atoms with E-state index in [1.165, 1.54) is 0 Å². The van der Waals surface area contributed by atoms with Crippen LogP contribution in [-0.4, -0.2) is 42.1 Å². The van der Waals surface area contributed by atoms with Gasteiger partial charge < -0.3 is 15.5 Å². The molecule has 21 heavy (non-hydrogen) atoms. The van der Waals surface area contributed by atoms with Gasteiger partial charge in [0.25, 0.3) is 0 Å². The summed E-state index contributed by atoms with van der Waals surface area (Å²) in [5, 5.41) is 6.01. The summed E-state index contributed by atoms with van der Waals surface area (Å²) < 4.78 is 0. The summed E-state index contributed by atoms with van der Waals surface area (Å²) in [6.07, 6.45) is 0.762. The van der Waals surface area contributed by atoms with Crippen LogP contribution in [0.3, 0.4) is 0 Å². The number of aromatic nitrogens is 2. The molecule has 1 amide bonds. The predicted octanol–water partition coefficient (Wildman–Crippen LogP) is 1.74. The Balaban J connectivity index is 3.06. The Hall–Kier alpha value is -1.85. The smallest absolute Gasteiger partial charge is 0.239 e. The Kier molecular flexibility index (Phi) is 6.39. The molecule has 2 N–H and O–H groups in total. The number of nitrogens with zero attached hydrogens (tertiary/aromatic N) is 3. The second-order valence-corrected chi connectivity index (χ2v) is 5.28. The van der Waals surface area contributed by atoms with Gasteiger partial charge in [0.2, 0.25) is 5.91 Å². The van der Waals surface area contributed by atoms with Crippen molar-refractivity contribution in [3.63, 3.8) is 0 Å². The second kappa shape index (κ2) is 7.81. The Morgan fingerprint density at radius 3 is 2.43 bits per heavy atom. The summed E-state index contributed by atoms with van der Waals surface area (Å²) >= 11 is 0. The molecule has 6 nitrogen and oxygen atoms in total. The molecule has 1 heterocycles. The van der Waals surface area contributed by atoms with Crippen LogP contribution in [0, 0.1) is 6.92 Å². The van der Waals surface area contributed by atoms with Crippen molar-refractivity contribution in [1.82, 2.24) is 15.3 Å². The largest absolute Gasteiger partial charge is 0.373 e. The van der Waals surface area contributed by atoms with Gasteiger partial charge in [-0.3, -0.25) is 4.79 Å². The van der Waals surface area contributed by atoms with Gasteiger partial charge in [-0.05, 0) is 27.7 Å². The zero-order valence-corrected chi connectivity index (χ0v) is 13.9. The fourth-order valence-corrected chi connectivity index (χ4v) is 2.14. The van der Waals surface area contributed by atoms with Crippen LogP contribution in [-0.2, 0) is 11.2 Å². The first-order valence-electron chi connectivity index (χ1n) is 7.52. The van der Waals surface area contributed by atoms with Gasteiger partial charge in [0.05, 0.1) is 6.54 Å². The van der Waals surface area contributed by atoms with E-state index in [2.05, 4.69) is 20.6 Å². The maximum atomic E-state index is 12.0. The van der Waals surface area contributed by atoms with E-state index in [1.54, 1.807) is 0 Å². The molecule has 1 aromatic rings. The quantitative estimate of drug-likeness (QED) is 0.801. The molecule has 0 saturated carbocycles. The molecule has 0 spiro atoms. The van der Waals surface area contributed by atoms with Gasteiger partial charge in [0, 0.05) is 31.6 Å². The minimum absolute atomic E-state index is 0.00826. The van der Waals surface area contributed by atoms with E-state index in [1.807, 2.05) is 46.6 Å². The first-order valence-corrected chi connectivity index (χ1v) is 7.52. The molecule has 6 heteroatoms. The SMILES string of the molecule is CCc1nc(NC)c(C)c(N(CC)CC(=O)NC(C)C)n1. The van der Waals surface area contributed by atoms with Crippen LogP contribution in [0.2, 0.25) is 0 Å². The molecule has 0 unspecified atom stereocenters. The van der Waals surface area contributed by atoms with Crippen molar-refractivity contribution >= 4 is 17.5 Å². The Bertz CT molecular complexity index is 487. The van der Waals surface area contributed by atoms with Crippen molar-refractivity contribution in [3.8, 4) is 0 Å². The zero-order chi connectivity index (χ0) is 16.0. The van der Waals surface area contributed by atoms with Crippen molar-refractivity contribution in [2.24, 2.45) is 0 Å². The predicted molar refractivity (Wildman–Crippen MR) is 86.9 cm³/mol. The van der Waals surface area contributed by atoms with E-state index in [9.17, 15) is 4.79 Å². The van der Waals surface area contributed by atoms with Gasteiger partial charge in [-0.15, -0.1) is 0 Å². The summed E-state index contributed by atoms with van der Waals surface area (Å²) in [6.45, 7) is 11.0. The average Bonchev–Trinajstić information content (AvgIpc) is 2.44. The van der Waals surface area contributed by atoms with Crippen LogP contribution in [0.4, 0.5) is 11.6 Å². The maximum absolute atomic E-state index is 12.0. The van der Waals surface area contributed by atoms with Crippen molar-refractivity contribution < 1.29 is 4.79 Å². The first kappa shape index (κ1) is 17.2. The van der Waals surface area contributed by atoms with Gasteiger partial charge in [-0.1, -0.05) is 6.92 Å². The van der Waals surface area contributed by atoms with Crippen LogP contribution in [0.25, 0.3) is 0 Å². The highest BCUT2D eigenvalue weighted by molar-refractivity contribution is 5.81. The monoisotopic (exact) mass is 293 g/mol. The van der Waals surface area contributed by atoms with Gasteiger partial charge in [0.1, 0.15) is 17.5 Å². The first-order chi connectivity index (χ1) is 9.92. The summed E-state index contributed by atoms with van der Waals surface area (Å²) in [6, 6.07) is 0.141. The fraction of sp³-hybridized carbons (Fsp3) is 0.667. The lowest BCUT2D eigenvalue weighted by Gasteiger charge is -2.25. The van der Waals surface area contributed by atoms with E-state index in [0.717, 1.165) is 36.0 Å². The van der Waals surface area contributed by atoms with Gasteiger partial charge in [0.15, 0.2) is 0 Å². The van der Waals surface area contributed by atoms with Crippen molar-refractivity contribution in [2.75, 3.05) is 30.4 Å². The summed E-state index contributed by atoms with van der Waals surface area (Å²) in [5.74, 6) is 2.43. The molecular weight excluding hydrogens is 266 g/mol. The van der Waals surface area contributed by atoms with Gasteiger partial charge >= 0.3 is 0 Å². The Labute approximate surface area is 127 Å². The lowest BCUT2D eigenvalue weighted by atomic mass is 10.2. The summed E-state index contributed by atoms with van der Waals surface area (Å²) in [7, 11) is 1.85. The number of amides is 1. The minimum atomic E-state index is 0.00826. The summed E-state index contributed by atoms with van der Waals surface area (Å²) in [4.78, 5) is 23.0. The molecule has 0 aliphatic carbocycles. The number of likely N-dealkylation sites (N-methyl/N-ethyl adjacent to an activating group) is 1. The standard InChI is InChI=1S/C15H27N5O/c1-7-12-18-14(16-6)11(5)15(19-12)20(8-2)9-13(21)17-10(3)4/h10H,7-9H2,1-6H3,(H,17,21)(H,16,18,19). The number of anilines is 2. The molecule has 0 radical (unpaired) electrons. The lowest BCUT2D eigenvalue weighted by molar-refractivity contribution is -0.120. The molecule has 0 bridgehead atoms. The number of rotatable bonds is 7. The molecule has 1 aromatic heterocycles. The molecule has 0 aliphatic heterocycles. The van der Waals surface area contributed by atoms with Crippen LogP contribution < -0.4 is 15.5 Å². The van der Waals surface area contributed by atoms with Crippen molar-refractivity contribution in [1.29, 1.82) is 0 Å². The molecule has 1 rings (SSSR count). The number of carbonyl (C=O) groups excluding carboxylic acids is 1. The lowest BCUT2D eigenvalue weighted by Crippen LogP contribution is -2.40. The van der Waals surface area contributed by atoms with E-state index in [0.29, 0.717) is 6.54 Å². The van der Waals surface area contributed by atoms with Crippen molar-refractivity contribution in [2.45, 2.75) is 47.1 Å². The molecule has 0 aliphatic rings. The van der Waals surface area contributed by atoms with Gasteiger partial charge in [-0.2, -0.15) is 0 Å². The topological polar surface area (TPSA) is 70.2 Å². The molecule has 0 aromatic carbocycles. The molecule has 0 fully saturated rings. The Morgan fingerprint density at radius 2 is 1.95 bits per heavy atom. The number of hydrogen-bond donors (Lipinski definition) is 2. The van der Waals surface area contributed by atoms with E-state index < -0.39 is 0 Å². The highest BCUT2D eigenvalue weighted by Gasteiger charge is 2.17. The zero-order valence-electron chi connectivity index (χ0n) is 13.9. The fourth-order valence-electron chi connectivity index (χ4n) is 2.14. The number of nitrogens with one attached hydrogen (secondary N) is 2. The van der Waals surface area contributed by atoms with Crippen LogP contribution in [0.5, 0.6) is 0 Å². The van der Waals surface area contributed by atoms with E-state index in [4.69, 9.17) is 0 Å². The maximum Gasteiger partial charge on any atom is 0.239 e. The van der Waals surface area contributed by atoms with E-state index in [-0.39, 0.29) is 11.9 Å². The highest BCUT2D eigenvalue weighted by atomic mass is 16.2. The van der Waals surface area contributed by atoms with Crippen LogP contribution >= 0.6 is 0 Å². The highest BCUT2D eigenvalue weighted by Crippen LogP contribution is 2.23. The normalized spacial score (nSPS) is 10.6. The number of hydrogen-bond acceptors (Lipinski definition) is 5.